The summed E-state index contributed by atoms with van der Waals surface area (Å²) in [6, 6.07) is 13.1. The molecule has 0 spiro atoms. The summed E-state index contributed by atoms with van der Waals surface area (Å²) in [7, 11) is 0. The first kappa shape index (κ1) is 11.2. The molecule has 0 unspecified atom stereocenters. The molecule has 0 saturated heterocycles. The molecule has 6 nitrogen and oxygen atoms in total. The lowest BCUT2D eigenvalue weighted by Gasteiger charge is -2.02. The van der Waals surface area contributed by atoms with Gasteiger partial charge in [-0.2, -0.15) is 0 Å². The largest absolute Gasteiger partial charge is 0.331 e. The van der Waals surface area contributed by atoms with Crippen molar-refractivity contribution in [3.63, 3.8) is 0 Å². The molecule has 0 atom stereocenters. The van der Waals surface area contributed by atoms with Crippen molar-refractivity contribution < 1.29 is 4.92 Å². The number of nitro groups is 1. The van der Waals surface area contributed by atoms with Crippen LogP contribution in [0.4, 0.5) is 5.69 Å². The number of non-ortho nitro benzene ring substituents is 1. The molecule has 3 aromatic rings. The summed E-state index contributed by atoms with van der Waals surface area (Å²) in [6.07, 6.45) is 0. The van der Waals surface area contributed by atoms with Crippen LogP contribution in [0.5, 0.6) is 0 Å². The van der Waals surface area contributed by atoms with Gasteiger partial charge in [-0.15, -0.1) is 0 Å². The number of hydrogen-bond acceptors (Lipinski definition) is 3. The minimum atomic E-state index is -0.470. The van der Waals surface area contributed by atoms with Gasteiger partial charge in [0.15, 0.2) is 0 Å². The molecule has 0 bridgehead atoms. The van der Waals surface area contributed by atoms with Crippen LogP contribution in [-0.4, -0.2) is 14.5 Å². The van der Waals surface area contributed by atoms with E-state index in [1.54, 1.807) is 18.2 Å². The molecule has 0 fully saturated rings. The van der Waals surface area contributed by atoms with E-state index in [-0.39, 0.29) is 11.4 Å². The normalized spacial score (nSPS) is 10.7. The fourth-order valence-electron chi connectivity index (χ4n) is 2.03. The topological polar surface area (TPSA) is 80.9 Å². The maximum Gasteiger partial charge on any atom is 0.331 e. The summed E-state index contributed by atoms with van der Waals surface area (Å²) in [6.45, 7) is 0. The number of imidazole rings is 1. The van der Waals surface area contributed by atoms with E-state index in [1.165, 1.54) is 16.7 Å². The highest BCUT2D eigenvalue weighted by Gasteiger charge is 2.10. The fraction of sp³-hybridized carbons (Fsp3) is 0. The predicted octanol–water partition coefficient (Wildman–Crippen LogP) is 2.23. The quantitative estimate of drug-likeness (QED) is 0.563. The van der Waals surface area contributed by atoms with Crippen LogP contribution in [0.15, 0.2) is 53.3 Å². The predicted molar refractivity (Wildman–Crippen MR) is 70.6 cm³/mol. The van der Waals surface area contributed by atoms with Crippen LogP contribution in [-0.2, 0) is 0 Å². The highest BCUT2D eigenvalue weighted by Crippen LogP contribution is 2.18. The standard InChI is InChI=1S/C13H9N3O3/c17-13-14-11-3-1-2-4-12(11)15(13)9-5-7-10(8-6-9)16(18)19/h1-8H,(H,14,17). The highest BCUT2D eigenvalue weighted by molar-refractivity contribution is 5.77. The molecule has 19 heavy (non-hydrogen) atoms. The number of nitrogens with zero attached hydrogens (tertiary/aromatic N) is 2. The summed E-state index contributed by atoms with van der Waals surface area (Å²) in [5.74, 6) is 0. The van der Waals surface area contributed by atoms with E-state index in [0.29, 0.717) is 5.69 Å². The van der Waals surface area contributed by atoms with E-state index < -0.39 is 4.92 Å². The lowest BCUT2D eigenvalue weighted by molar-refractivity contribution is -0.384. The molecule has 3 rings (SSSR count). The number of nitro benzene ring substituents is 1. The van der Waals surface area contributed by atoms with Gasteiger partial charge in [0.25, 0.3) is 5.69 Å². The highest BCUT2D eigenvalue weighted by atomic mass is 16.6. The minimum Gasteiger partial charge on any atom is -0.305 e. The summed E-state index contributed by atoms with van der Waals surface area (Å²) in [5.41, 5.74) is 1.78. The molecule has 6 heteroatoms. The lowest BCUT2D eigenvalue weighted by atomic mass is 10.2. The molecule has 0 radical (unpaired) electrons. The molecule has 94 valence electrons. The van der Waals surface area contributed by atoms with Gasteiger partial charge >= 0.3 is 5.69 Å². The van der Waals surface area contributed by atoms with Crippen LogP contribution in [0.2, 0.25) is 0 Å². The zero-order valence-corrected chi connectivity index (χ0v) is 9.74. The Balaban J connectivity index is 2.21. The molecule has 1 N–H and O–H groups in total. The molecule has 2 aromatic carbocycles. The van der Waals surface area contributed by atoms with Crippen molar-refractivity contribution >= 4 is 16.7 Å². The molecule has 0 amide bonds. The molecule has 1 aromatic heterocycles. The average molecular weight is 255 g/mol. The molecule has 0 aliphatic carbocycles. The van der Waals surface area contributed by atoms with E-state index in [1.807, 2.05) is 18.2 Å². The molecule has 0 aliphatic heterocycles. The van der Waals surface area contributed by atoms with Gasteiger partial charge in [-0.3, -0.25) is 14.7 Å². The second-order valence-corrected chi connectivity index (χ2v) is 4.06. The molecular weight excluding hydrogens is 246 g/mol. The third kappa shape index (κ3) is 1.79. The number of fused-ring (bicyclic) bond motifs is 1. The summed E-state index contributed by atoms with van der Waals surface area (Å²) < 4.78 is 1.49. The Morgan fingerprint density at radius 1 is 1.05 bits per heavy atom. The van der Waals surface area contributed by atoms with Crippen LogP contribution in [0.25, 0.3) is 16.7 Å². The fourth-order valence-corrected chi connectivity index (χ4v) is 2.03. The van der Waals surface area contributed by atoms with Gasteiger partial charge in [0.05, 0.1) is 21.6 Å². The first-order valence-electron chi connectivity index (χ1n) is 5.61. The van der Waals surface area contributed by atoms with Gasteiger partial charge in [-0.1, -0.05) is 12.1 Å². The molecule has 1 heterocycles. The van der Waals surface area contributed by atoms with Crippen molar-refractivity contribution in [2.75, 3.05) is 0 Å². The zero-order chi connectivity index (χ0) is 13.4. The summed E-state index contributed by atoms with van der Waals surface area (Å²) >= 11 is 0. The van der Waals surface area contributed by atoms with Crippen molar-refractivity contribution in [3.05, 3.63) is 69.1 Å². The zero-order valence-electron chi connectivity index (χ0n) is 9.74. The first-order valence-corrected chi connectivity index (χ1v) is 5.61. The Hall–Kier alpha value is -2.89. The smallest absolute Gasteiger partial charge is 0.305 e. The Morgan fingerprint density at radius 3 is 2.42 bits per heavy atom. The van der Waals surface area contributed by atoms with E-state index in [0.717, 1.165) is 11.0 Å². The number of para-hydroxylation sites is 2. The van der Waals surface area contributed by atoms with Gasteiger partial charge in [-0.05, 0) is 24.3 Å². The van der Waals surface area contributed by atoms with E-state index in [2.05, 4.69) is 4.98 Å². The van der Waals surface area contributed by atoms with Crippen molar-refractivity contribution in [2.45, 2.75) is 0 Å². The maximum absolute atomic E-state index is 11.9. The van der Waals surface area contributed by atoms with E-state index in [4.69, 9.17) is 0 Å². The Bertz CT molecular complexity index is 815. The Labute approximate surface area is 107 Å². The SMILES string of the molecule is O=c1[nH]c2ccccc2n1-c1ccc([N+](=O)[O-])cc1. The van der Waals surface area contributed by atoms with E-state index in [9.17, 15) is 14.9 Å². The van der Waals surface area contributed by atoms with Crippen molar-refractivity contribution in [3.8, 4) is 5.69 Å². The maximum atomic E-state index is 11.9. The number of rotatable bonds is 2. The third-order valence-corrected chi connectivity index (χ3v) is 2.91. The van der Waals surface area contributed by atoms with Crippen LogP contribution < -0.4 is 5.69 Å². The number of hydrogen-bond donors (Lipinski definition) is 1. The summed E-state index contributed by atoms with van der Waals surface area (Å²) in [4.78, 5) is 24.8. The van der Waals surface area contributed by atoms with Crippen LogP contribution in [0.3, 0.4) is 0 Å². The number of nitrogens with one attached hydrogen (secondary N) is 1. The third-order valence-electron chi connectivity index (χ3n) is 2.91. The van der Waals surface area contributed by atoms with Gasteiger partial charge in [0.1, 0.15) is 0 Å². The van der Waals surface area contributed by atoms with Crippen molar-refractivity contribution in [1.29, 1.82) is 0 Å². The van der Waals surface area contributed by atoms with Crippen LogP contribution in [0, 0.1) is 10.1 Å². The van der Waals surface area contributed by atoms with Crippen LogP contribution >= 0.6 is 0 Å². The lowest BCUT2D eigenvalue weighted by Crippen LogP contribution is -2.14. The number of aromatic amines is 1. The number of benzene rings is 2. The molecular formula is C13H9N3O3. The second kappa shape index (κ2) is 4.09. The molecule has 0 saturated carbocycles. The monoisotopic (exact) mass is 255 g/mol. The van der Waals surface area contributed by atoms with Gasteiger partial charge in [-0.25, -0.2) is 4.79 Å². The average Bonchev–Trinajstić information content (AvgIpc) is 2.74. The minimum absolute atomic E-state index is 0.00311. The number of aromatic nitrogens is 2. The van der Waals surface area contributed by atoms with Crippen LogP contribution in [0.1, 0.15) is 0 Å². The summed E-state index contributed by atoms with van der Waals surface area (Å²) in [5, 5.41) is 10.6. The Morgan fingerprint density at radius 2 is 1.74 bits per heavy atom. The molecule has 0 aliphatic rings. The van der Waals surface area contributed by atoms with Gasteiger partial charge < -0.3 is 4.98 Å². The number of H-pyrrole nitrogens is 1. The first-order chi connectivity index (χ1) is 9.16. The Kier molecular flexibility index (Phi) is 2.42. The van der Waals surface area contributed by atoms with Gasteiger partial charge in [0.2, 0.25) is 0 Å². The van der Waals surface area contributed by atoms with Gasteiger partial charge in [0, 0.05) is 12.1 Å². The van der Waals surface area contributed by atoms with E-state index >= 15 is 0 Å². The second-order valence-electron chi connectivity index (χ2n) is 4.06. The van der Waals surface area contributed by atoms with Crippen molar-refractivity contribution in [1.82, 2.24) is 9.55 Å². The van der Waals surface area contributed by atoms with Crippen molar-refractivity contribution in [2.24, 2.45) is 0 Å².